The van der Waals surface area contributed by atoms with Crippen molar-refractivity contribution < 1.29 is 14.3 Å². The fourth-order valence-corrected chi connectivity index (χ4v) is 2.39. The van der Waals surface area contributed by atoms with Gasteiger partial charge in [-0.05, 0) is 25.0 Å². The van der Waals surface area contributed by atoms with Crippen LogP contribution in [-0.4, -0.2) is 54.5 Å². The van der Waals surface area contributed by atoms with Gasteiger partial charge >= 0.3 is 0 Å². The van der Waals surface area contributed by atoms with Gasteiger partial charge in [0, 0.05) is 44.2 Å². The SMILES string of the molecule is COCCC(=O)N1CCC(NC(=O)c2ccncc2)CC1. The minimum Gasteiger partial charge on any atom is -0.384 e. The molecule has 21 heavy (non-hydrogen) atoms. The van der Waals surface area contributed by atoms with Gasteiger partial charge < -0.3 is 15.0 Å². The molecule has 1 aromatic rings. The predicted molar refractivity (Wildman–Crippen MR) is 77.8 cm³/mol. The van der Waals surface area contributed by atoms with Crippen molar-refractivity contribution in [1.29, 1.82) is 0 Å². The van der Waals surface area contributed by atoms with E-state index >= 15 is 0 Å². The number of rotatable bonds is 5. The Bertz CT molecular complexity index is 470. The second-order valence-electron chi connectivity index (χ2n) is 5.11. The van der Waals surface area contributed by atoms with Crippen LogP contribution in [0.3, 0.4) is 0 Å². The number of pyridine rings is 1. The van der Waals surface area contributed by atoms with Crippen molar-refractivity contribution in [3.8, 4) is 0 Å². The van der Waals surface area contributed by atoms with Crippen LogP contribution in [0, 0.1) is 0 Å². The first-order valence-electron chi connectivity index (χ1n) is 7.18. The number of amides is 2. The summed E-state index contributed by atoms with van der Waals surface area (Å²) in [7, 11) is 1.59. The molecule has 0 radical (unpaired) electrons. The van der Waals surface area contributed by atoms with E-state index in [2.05, 4.69) is 10.3 Å². The third kappa shape index (κ3) is 4.53. The smallest absolute Gasteiger partial charge is 0.251 e. The van der Waals surface area contributed by atoms with E-state index in [1.54, 1.807) is 31.6 Å². The van der Waals surface area contributed by atoms with Crippen LogP contribution in [0.4, 0.5) is 0 Å². The summed E-state index contributed by atoms with van der Waals surface area (Å²) in [6, 6.07) is 3.51. The van der Waals surface area contributed by atoms with Gasteiger partial charge in [0.2, 0.25) is 5.91 Å². The number of piperidine rings is 1. The molecule has 0 atom stereocenters. The number of hydrogen-bond acceptors (Lipinski definition) is 4. The minimum absolute atomic E-state index is 0.0819. The molecule has 0 unspecified atom stereocenters. The normalized spacial score (nSPS) is 15.8. The molecule has 2 rings (SSSR count). The number of hydrogen-bond donors (Lipinski definition) is 1. The molecular formula is C15H21N3O3. The molecule has 0 aliphatic carbocycles. The lowest BCUT2D eigenvalue weighted by Gasteiger charge is -2.32. The first kappa shape index (κ1) is 15.4. The third-order valence-corrected chi connectivity index (χ3v) is 3.65. The molecule has 2 amide bonds. The second-order valence-corrected chi connectivity index (χ2v) is 5.11. The third-order valence-electron chi connectivity index (χ3n) is 3.65. The molecule has 0 aromatic carbocycles. The predicted octanol–water partition coefficient (Wildman–Crippen LogP) is 0.839. The van der Waals surface area contributed by atoms with Crippen molar-refractivity contribution in [3.63, 3.8) is 0 Å². The van der Waals surface area contributed by atoms with Gasteiger partial charge in [-0.3, -0.25) is 14.6 Å². The van der Waals surface area contributed by atoms with Crippen LogP contribution < -0.4 is 5.32 Å². The molecule has 114 valence electrons. The molecule has 0 spiro atoms. The van der Waals surface area contributed by atoms with Crippen molar-refractivity contribution in [2.24, 2.45) is 0 Å². The fourth-order valence-electron chi connectivity index (χ4n) is 2.39. The van der Waals surface area contributed by atoms with E-state index in [9.17, 15) is 9.59 Å². The maximum atomic E-state index is 12.0. The highest BCUT2D eigenvalue weighted by molar-refractivity contribution is 5.94. The molecule has 1 saturated heterocycles. The summed E-state index contributed by atoms with van der Waals surface area (Å²) in [5.41, 5.74) is 0.614. The van der Waals surface area contributed by atoms with Gasteiger partial charge in [0.05, 0.1) is 13.0 Å². The highest BCUT2D eigenvalue weighted by Gasteiger charge is 2.23. The van der Waals surface area contributed by atoms with Crippen LogP contribution in [0.5, 0.6) is 0 Å². The average molecular weight is 291 g/mol. The number of nitrogens with zero attached hydrogens (tertiary/aromatic N) is 2. The second kappa shape index (κ2) is 7.73. The standard InChI is InChI=1S/C15H21N3O3/c1-21-11-6-14(19)18-9-4-13(5-10-18)17-15(20)12-2-7-16-8-3-12/h2-3,7-8,13H,4-6,9-11H2,1H3,(H,17,20). The van der Waals surface area contributed by atoms with Gasteiger partial charge in [0.15, 0.2) is 0 Å². The summed E-state index contributed by atoms with van der Waals surface area (Å²) in [6.45, 7) is 1.82. The summed E-state index contributed by atoms with van der Waals surface area (Å²) >= 11 is 0. The number of likely N-dealkylation sites (tertiary alicyclic amines) is 1. The zero-order chi connectivity index (χ0) is 15.1. The topological polar surface area (TPSA) is 71.5 Å². The number of carbonyl (C=O) groups excluding carboxylic acids is 2. The number of methoxy groups -OCH3 is 1. The Morgan fingerprint density at radius 3 is 2.62 bits per heavy atom. The first-order valence-corrected chi connectivity index (χ1v) is 7.18. The Kier molecular flexibility index (Phi) is 5.68. The molecule has 0 saturated carbocycles. The zero-order valence-corrected chi connectivity index (χ0v) is 12.2. The Hall–Kier alpha value is -1.95. The van der Waals surface area contributed by atoms with E-state index < -0.39 is 0 Å². The highest BCUT2D eigenvalue weighted by Crippen LogP contribution is 2.12. The van der Waals surface area contributed by atoms with Crippen LogP contribution in [0.25, 0.3) is 0 Å². The van der Waals surface area contributed by atoms with Gasteiger partial charge in [0.1, 0.15) is 0 Å². The summed E-state index contributed by atoms with van der Waals surface area (Å²) in [5.74, 6) is 0.0392. The Morgan fingerprint density at radius 2 is 2.00 bits per heavy atom. The number of carbonyl (C=O) groups is 2. The summed E-state index contributed by atoms with van der Waals surface area (Å²) in [5, 5.41) is 3.01. The molecule has 1 aliphatic rings. The molecule has 6 heteroatoms. The molecule has 1 aromatic heterocycles. The molecular weight excluding hydrogens is 270 g/mol. The lowest BCUT2D eigenvalue weighted by Crippen LogP contribution is -2.46. The Morgan fingerprint density at radius 1 is 1.33 bits per heavy atom. The molecule has 2 heterocycles. The van der Waals surface area contributed by atoms with Crippen molar-refractivity contribution >= 4 is 11.8 Å². The van der Waals surface area contributed by atoms with Crippen molar-refractivity contribution in [3.05, 3.63) is 30.1 Å². The van der Waals surface area contributed by atoms with Crippen LogP contribution in [-0.2, 0) is 9.53 Å². The van der Waals surface area contributed by atoms with Gasteiger partial charge in [-0.15, -0.1) is 0 Å². The maximum Gasteiger partial charge on any atom is 0.251 e. The first-order chi connectivity index (χ1) is 10.2. The van der Waals surface area contributed by atoms with E-state index in [4.69, 9.17) is 4.74 Å². The number of ether oxygens (including phenoxy) is 1. The Labute approximate surface area is 124 Å². The summed E-state index contributed by atoms with van der Waals surface area (Å²) in [4.78, 5) is 29.6. The molecule has 6 nitrogen and oxygen atoms in total. The van der Waals surface area contributed by atoms with Gasteiger partial charge in [-0.25, -0.2) is 0 Å². The van der Waals surface area contributed by atoms with Crippen LogP contribution in [0.15, 0.2) is 24.5 Å². The average Bonchev–Trinajstić information content (AvgIpc) is 2.54. The van der Waals surface area contributed by atoms with Crippen molar-refractivity contribution in [2.45, 2.75) is 25.3 Å². The van der Waals surface area contributed by atoms with Gasteiger partial charge in [0.25, 0.3) is 5.91 Å². The van der Waals surface area contributed by atoms with Crippen molar-refractivity contribution in [1.82, 2.24) is 15.2 Å². The molecule has 1 fully saturated rings. The van der Waals surface area contributed by atoms with E-state index in [0.29, 0.717) is 31.7 Å². The van der Waals surface area contributed by atoms with Crippen molar-refractivity contribution in [2.75, 3.05) is 26.8 Å². The van der Waals surface area contributed by atoms with Gasteiger partial charge in [-0.1, -0.05) is 0 Å². The van der Waals surface area contributed by atoms with E-state index in [1.807, 2.05) is 4.90 Å². The molecule has 1 N–H and O–H groups in total. The van der Waals surface area contributed by atoms with Crippen LogP contribution >= 0.6 is 0 Å². The van der Waals surface area contributed by atoms with E-state index in [0.717, 1.165) is 12.8 Å². The summed E-state index contributed by atoms with van der Waals surface area (Å²) in [6.07, 6.45) is 5.20. The van der Waals surface area contributed by atoms with Crippen LogP contribution in [0.2, 0.25) is 0 Å². The quantitative estimate of drug-likeness (QED) is 0.872. The fraction of sp³-hybridized carbons (Fsp3) is 0.533. The zero-order valence-electron chi connectivity index (χ0n) is 12.2. The van der Waals surface area contributed by atoms with Crippen LogP contribution in [0.1, 0.15) is 29.6 Å². The Balaban J connectivity index is 1.77. The lowest BCUT2D eigenvalue weighted by atomic mass is 10.0. The number of aromatic nitrogens is 1. The largest absolute Gasteiger partial charge is 0.384 e. The number of nitrogens with one attached hydrogen (secondary N) is 1. The molecule has 0 bridgehead atoms. The van der Waals surface area contributed by atoms with E-state index in [1.165, 1.54) is 0 Å². The highest BCUT2D eigenvalue weighted by atomic mass is 16.5. The maximum absolute atomic E-state index is 12.0. The monoisotopic (exact) mass is 291 g/mol. The summed E-state index contributed by atoms with van der Waals surface area (Å²) < 4.78 is 4.92. The van der Waals surface area contributed by atoms with E-state index in [-0.39, 0.29) is 17.9 Å². The minimum atomic E-state index is -0.0819. The lowest BCUT2D eigenvalue weighted by molar-refractivity contribution is -0.133. The van der Waals surface area contributed by atoms with Gasteiger partial charge in [-0.2, -0.15) is 0 Å². The molecule has 1 aliphatic heterocycles.